The summed E-state index contributed by atoms with van der Waals surface area (Å²) < 4.78 is 10.7. The molecule has 4 heteroatoms. The standard InChI is InChI=1S/C11H15NO3/c1-7-11(6-13)15-10-4-3-8(14-2)5-9(10)12-7/h3-5,7,11-13H,6H2,1-2H3. The van der Waals surface area contributed by atoms with E-state index in [0.29, 0.717) is 0 Å². The van der Waals surface area contributed by atoms with Gasteiger partial charge in [0.1, 0.15) is 17.6 Å². The summed E-state index contributed by atoms with van der Waals surface area (Å²) in [5.41, 5.74) is 0.909. The average Bonchev–Trinajstić information content (AvgIpc) is 2.27. The van der Waals surface area contributed by atoms with Gasteiger partial charge in [-0.25, -0.2) is 0 Å². The minimum Gasteiger partial charge on any atom is -0.497 e. The highest BCUT2D eigenvalue weighted by Gasteiger charge is 2.25. The average molecular weight is 209 g/mol. The van der Waals surface area contributed by atoms with Gasteiger partial charge in [0.25, 0.3) is 0 Å². The third-order valence-corrected chi connectivity index (χ3v) is 2.59. The second-order valence-electron chi connectivity index (χ2n) is 3.63. The summed E-state index contributed by atoms with van der Waals surface area (Å²) in [7, 11) is 1.63. The van der Waals surface area contributed by atoms with Crippen LogP contribution < -0.4 is 14.8 Å². The topological polar surface area (TPSA) is 50.7 Å². The van der Waals surface area contributed by atoms with E-state index >= 15 is 0 Å². The third kappa shape index (κ3) is 1.85. The van der Waals surface area contributed by atoms with Gasteiger partial charge in [-0.3, -0.25) is 0 Å². The summed E-state index contributed by atoms with van der Waals surface area (Å²) in [6, 6.07) is 5.66. The molecular formula is C11H15NO3. The van der Waals surface area contributed by atoms with E-state index in [2.05, 4.69) is 5.32 Å². The van der Waals surface area contributed by atoms with Crippen LogP contribution in [0.3, 0.4) is 0 Å². The number of fused-ring (bicyclic) bond motifs is 1. The molecule has 0 bridgehead atoms. The zero-order chi connectivity index (χ0) is 10.8. The van der Waals surface area contributed by atoms with Crippen molar-refractivity contribution in [1.29, 1.82) is 0 Å². The lowest BCUT2D eigenvalue weighted by Gasteiger charge is -2.32. The van der Waals surface area contributed by atoms with Crippen LogP contribution in [0.1, 0.15) is 6.92 Å². The first-order chi connectivity index (χ1) is 7.24. The summed E-state index contributed by atoms with van der Waals surface area (Å²) in [5, 5.41) is 12.4. The van der Waals surface area contributed by atoms with Gasteiger partial charge < -0.3 is 19.9 Å². The maximum atomic E-state index is 9.10. The van der Waals surface area contributed by atoms with Crippen LogP contribution in [0.5, 0.6) is 11.5 Å². The Morgan fingerprint density at radius 3 is 3.00 bits per heavy atom. The number of ether oxygens (including phenoxy) is 2. The third-order valence-electron chi connectivity index (χ3n) is 2.59. The van der Waals surface area contributed by atoms with Gasteiger partial charge in [0.2, 0.25) is 0 Å². The fourth-order valence-corrected chi connectivity index (χ4v) is 1.65. The van der Waals surface area contributed by atoms with Crippen molar-refractivity contribution in [3.63, 3.8) is 0 Å². The predicted molar refractivity (Wildman–Crippen MR) is 57.6 cm³/mol. The number of aliphatic hydroxyl groups is 1. The van der Waals surface area contributed by atoms with Crippen LogP contribution in [0.4, 0.5) is 5.69 Å². The first kappa shape index (κ1) is 10.1. The van der Waals surface area contributed by atoms with E-state index in [-0.39, 0.29) is 18.8 Å². The van der Waals surface area contributed by atoms with Crippen LogP contribution in [0, 0.1) is 0 Å². The Morgan fingerprint density at radius 2 is 2.33 bits per heavy atom. The van der Waals surface area contributed by atoms with Crippen molar-refractivity contribution in [3.05, 3.63) is 18.2 Å². The van der Waals surface area contributed by atoms with Gasteiger partial charge >= 0.3 is 0 Å². The van der Waals surface area contributed by atoms with Crippen molar-refractivity contribution in [2.75, 3.05) is 19.0 Å². The quantitative estimate of drug-likeness (QED) is 0.769. The van der Waals surface area contributed by atoms with E-state index in [1.807, 2.05) is 25.1 Å². The number of anilines is 1. The lowest BCUT2D eigenvalue weighted by molar-refractivity contribution is 0.0977. The lowest BCUT2D eigenvalue weighted by Crippen LogP contribution is -2.41. The molecule has 1 aromatic carbocycles. The zero-order valence-corrected chi connectivity index (χ0v) is 8.86. The molecule has 15 heavy (non-hydrogen) atoms. The van der Waals surface area contributed by atoms with Crippen LogP contribution in [0.15, 0.2) is 18.2 Å². The smallest absolute Gasteiger partial charge is 0.143 e. The minimum absolute atomic E-state index is 0.0135. The van der Waals surface area contributed by atoms with Crippen LogP contribution >= 0.6 is 0 Å². The molecule has 1 aliphatic rings. The van der Waals surface area contributed by atoms with Gasteiger partial charge in [0, 0.05) is 6.07 Å². The van der Waals surface area contributed by atoms with Gasteiger partial charge in [-0.2, -0.15) is 0 Å². The monoisotopic (exact) mass is 209 g/mol. The van der Waals surface area contributed by atoms with E-state index < -0.39 is 0 Å². The molecule has 0 saturated carbocycles. The molecule has 2 rings (SSSR count). The molecule has 0 amide bonds. The summed E-state index contributed by atoms with van der Waals surface area (Å²) in [5.74, 6) is 1.55. The van der Waals surface area contributed by atoms with Crippen molar-refractivity contribution in [2.24, 2.45) is 0 Å². The molecule has 0 saturated heterocycles. The molecule has 1 aliphatic heterocycles. The van der Waals surface area contributed by atoms with E-state index in [9.17, 15) is 0 Å². The van der Waals surface area contributed by atoms with Crippen LogP contribution in [0.25, 0.3) is 0 Å². The highest BCUT2D eigenvalue weighted by Crippen LogP contribution is 2.34. The second-order valence-corrected chi connectivity index (χ2v) is 3.63. The Hall–Kier alpha value is -1.42. The summed E-state index contributed by atoms with van der Waals surface area (Å²) in [6.07, 6.45) is -0.189. The van der Waals surface area contributed by atoms with Crippen molar-refractivity contribution in [1.82, 2.24) is 0 Å². The van der Waals surface area contributed by atoms with Gasteiger partial charge in [0.05, 0.1) is 25.4 Å². The Bertz CT molecular complexity index is 354. The molecule has 2 unspecified atom stereocenters. The normalized spacial score (nSPS) is 23.7. The van der Waals surface area contributed by atoms with Crippen LogP contribution in [-0.2, 0) is 0 Å². The summed E-state index contributed by atoms with van der Waals surface area (Å²) in [4.78, 5) is 0. The van der Waals surface area contributed by atoms with Crippen molar-refractivity contribution in [3.8, 4) is 11.5 Å². The van der Waals surface area contributed by atoms with Crippen LogP contribution in [-0.4, -0.2) is 31.0 Å². The van der Waals surface area contributed by atoms with Gasteiger partial charge in [-0.05, 0) is 19.1 Å². The summed E-state index contributed by atoms with van der Waals surface area (Å²) >= 11 is 0. The molecule has 0 fully saturated rings. The Kier molecular flexibility index (Phi) is 2.68. The molecule has 2 N–H and O–H groups in total. The number of hydrogen-bond donors (Lipinski definition) is 2. The fraction of sp³-hybridized carbons (Fsp3) is 0.455. The number of benzene rings is 1. The first-order valence-corrected chi connectivity index (χ1v) is 4.96. The number of aliphatic hydroxyl groups excluding tert-OH is 1. The minimum atomic E-state index is -0.189. The molecule has 82 valence electrons. The molecule has 0 aliphatic carbocycles. The maximum absolute atomic E-state index is 9.10. The van der Waals surface area contributed by atoms with Gasteiger partial charge in [-0.15, -0.1) is 0 Å². The largest absolute Gasteiger partial charge is 0.497 e. The predicted octanol–water partition coefficient (Wildman–Crippen LogP) is 1.25. The number of rotatable bonds is 2. The van der Waals surface area contributed by atoms with Crippen molar-refractivity contribution < 1.29 is 14.6 Å². The maximum Gasteiger partial charge on any atom is 0.143 e. The molecule has 0 spiro atoms. The second kappa shape index (κ2) is 3.98. The van der Waals surface area contributed by atoms with E-state index in [4.69, 9.17) is 14.6 Å². The Labute approximate surface area is 88.8 Å². The molecule has 0 aromatic heterocycles. The number of nitrogens with one attached hydrogen (secondary N) is 1. The fourth-order valence-electron chi connectivity index (χ4n) is 1.65. The van der Waals surface area contributed by atoms with E-state index in [1.165, 1.54) is 0 Å². The number of methoxy groups -OCH3 is 1. The van der Waals surface area contributed by atoms with E-state index in [0.717, 1.165) is 17.2 Å². The van der Waals surface area contributed by atoms with Gasteiger partial charge in [-0.1, -0.05) is 0 Å². The zero-order valence-electron chi connectivity index (χ0n) is 8.86. The molecule has 1 aromatic rings. The Morgan fingerprint density at radius 1 is 1.53 bits per heavy atom. The number of hydrogen-bond acceptors (Lipinski definition) is 4. The SMILES string of the molecule is COc1ccc2c(c1)NC(C)C(CO)O2. The first-order valence-electron chi connectivity index (χ1n) is 4.96. The molecule has 2 atom stereocenters. The van der Waals surface area contributed by atoms with Gasteiger partial charge in [0.15, 0.2) is 0 Å². The lowest BCUT2D eigenvalue weighted by atomic mass is 10.1. The molecule has 4 nitrogen and oxygen atoms in total. The van der Waals surface area contributed by atoms with Crippen LogP contribution in [0.2, 0.25) is 0 Å². The van der Waals surface area contributed by atoms with E-state index in [1.54, 1.807) is 7.11 Å². The highest BCUT2D eigenvalue weighted by molar-refractivity contribution is 5.61. The molecule has 1 heterocycles. The molecular weight excluding hydrogens is 194 g/mol. The highest BCUT2D eigenvalue weighted by atomic mass is 16.5. The molecule has 0 radical (unpaired) electrons. The van der Waals surface area contributed by atoms with Crippen molar-refractivity contribution in [2.45, 2.75) is 19.1 Å². The summed E-state index contributed by atoms with van der Waals surface area (Å²) in [6.45, 7) is 1.99. The van der Waals surface area contributed by atoms with Crippen molar-refractivity contribution >= 4 is 5.69 Å². The Balaban J connectivity index is 2.28.